The van der Waals surface area contributed by atoms with Crippen molar-refractivity contribution in [1.29, 1.82) is 0 Å². The van der Waals surface area contributed by atoms with Gasteiger partial charge in [-0.1, -0.05) is 67.8 Å². The van der Waals surface area contributed by atoms with E-state index in [9.17, 15) is 0 Å². The topological polar surface area (TPSA) is 12.5 Å². The predicted octanol–water partition coefficient (Wildman–Crippen LogP) is 4.29. The maximum Gasteiger partial charge on any atom is 0.109 e. The second-order valence-electron chi connectivity index (χ2n) is 6.05. The first-order chi connectivity index (χ1) is 8.46. The van der Waals surface area contributed by atoms with E-state index in [-0.39, 0.29) is 6.10 Å². The predicted molar refractivity (Wildman–Crippen MR) is 81.2 cm³/mol. The third kappa shape index (κ3) is 3.97. The third-order valence-electron chi connectivity index (χ3n) is 2.95. The van der Waals surface area contributed by atoms with E-state index < -0.39 is 8.07 Å². The molecule has 18 heavy (non-hydrogen) atoms. The molecule has 1 aliphatic heterocycles. The molecule has 0 unspecified atom stereocenters. The van der Waals surface area contributed by atoms with Crippen LogP contribution in [0.1, 0.15) is 12.5 Å². The van der Waals surface area contributed by atoms with Gasteiger partial charge in [0, 0.05) is 0 Å². The fourth-order valence-electron chi connectivity index (χ4n) is 1.91. The Morgan fingerprint density at radius 2 is 1.83 bits per heavy atom. The minimum atomic E-state index is -1.10. The molecule has 1 nitrogen and oxygen atoms in total. The maximum absolute atomic E-state index is 5.71. The standard InChI is InChI=1S/C16H22OSi/c1-13(12-14-8-6-5-7-9-14)16-15(17-16)10-11-18(2,3)4/h5-12,15-16H,1-4H3/b11-10+,13-12+/t15-,16-/m1/s1. The molecule has 1 saturated heterocycles. The number of ether oxygens (including phenoxy) is 1. The summed E-state index contributed by atoms with van der Waals surface area (Å²) in [6.45, 7) is 9.18. The fraction of sp³-hybridized carbons (Fsp3) is 0.375. The molecule has 0 spiro atoms. The lowest BCUT2D eigenvalue weighted by Crippen LogP contribution is -2.15. The first-order valence-electron chi connectivity index (χ1n) is 6.54. The molecule has 1 aromatic rings. The summed E-state index contributed by atoms with van der Waals surface area (Å²) in [4.78, 5) is 0. The zero-order valence-electron chi connectivity index (χ0n) is 11.7. The molecule has 0 amide bonds. The molecule has 0 saturated carbocycles. The molecule has 0 aliphatic carbocycles. The summed E-state index contributed by atoms with van der Waals surface area (Å²) < 4.78 is 5.71. The van der Waals surface area contributed by atoms with Crippen LogP contribution in [0.4, 0.5) is 0 Å². The Hall–Kier alpha value is -1.12. The van der Waals surface area contributed by atoms with Gasteiger partial charge >= 0.3 is 0 Å². The summed E-state index contributed by atoms with van der Waals surface area (Å²) in [5.41, 5.74) is 4.93. The Labute approximate surface area is 111 Å². The lowest BCUT2D eigenvalue weighted by atomic mass is 10.1. The SMILES string of the molecule is C/C(=C\c1ccccc1)[C@H]1O[C@@H]1/C=C/[Si](C)(C)C. The van der Waals surface area contributed by atoms with Crippen molar-refractivity contribution in [3.05, 3.63) is 53.2 Å². The number of rotatable bonds is 4. The van der Waals surface area contributed by atoms with Crippen LogP contribution < -0.4 is 0 Å². The number of hydrogen-bond acceptors (Lipinski definition) is 1. The molecule has 2 atom stereocenters. The smallest absolute Gasteiger partial charge is 0.109 e. The highest BCUT2D eigenvalue weighted by molar-refractivity contribution is 6.80. The zero-order valence-corrected chi connectivity index (χ0v) is 12.7. The fourth-order valence-corrected chi connectivity index (χ4v) is 2.68. The van der Waals surface area contributed by atoms with Crippen LogP contribution in [0.25, 0.3) is 6.08 Å². The van der Waals surface area contributed by atoms with Crippen molar-refractivity contribution in [2.45, 2.75) is 38.8 Å². The summed E-state index contributed by atoms with van der Waals surface area (Å²) >= 11 is 0. The Balaban J connectivity index is 1.96. The molecule has 1 heterocycles. The van der Waals surface area contributed by atoms with E-state index in [4.69, 9.17) is 4.74 Å². The highest BCUT2D eigenvalue weighted by atomic mass is 28.3. The van der Waals surface area contributed by atoms with E-state index >= 15 is 0 Å². The van der Waals surface area contributed by atoms with Crippen LogP contribution in [0.5, 0.6) is 0 Å². The Morgan fingerprint density at radius 3 is 2.44 bits per heavy atom. The van der Waals surface area contributed by atoms with E-state index in [1.54, 1.807) is 0 Å². The quantitative estimate of drug-likeness (QED) is 0.580. The second-order valence-corrected chi connectivity index (χ2v) is 11.1. The summed E-state index contributed by atoms with van der Waals surface area (Å²) in [5.74, 6) is 0. The highest BCUT2D eigenvalue weighted by Gasteiger charge is 2.37. The van der Waals surface area contributed by atoms with Crippen LogP contribution in [-0.4, -0.2) is 20.3 Å². The Bertz CT molecular complexity index is 454. The van der Waals surface area contributed by atoms with E-state index in [0.29, 0.717) is 6.10 Å². The molecule has 0 aromatic heterocycles. The van der Waals surface area contributed by atoms with Gasteiger partial charge in [0.15, 0.2) is 0 Å². The number of epoxide rings is 1. The minimum absolute atomic E-state index is 0.290. The van der Waals surface area contributed by atoms with Gasteiger partial charge in [0.1, 0.15) is 12.2 Å². The lowest BCUT2D eigenvalue weighted by molar-refractivity contribution is 0.407. The van der Waals surface area contributed by atoms with Gasteiger partial charge in [-0.15, -0.1) is 0 Å². The largest absolute Gasteiger partial charge is 0.360 e. The molecular formula is C16H22OSi. The molecule has 1 aromatic carbocycles. The Morgan fingerprint density at radius 1 is 1.17 bits per heavy atom. The minimum Gasteiger partial charge on any atom is -0.360 e. The van der Waals surface area contributed by atoms with E-state index in [1.165, 1.54) is 11.1 Å². The van der Waals surface area contributed by atoms with Crippen LogP contribution in [0, 0.1) is 0 Å². The van der Waals surface area contributed by atoms with Gasteiger partial charge in [0.2, 0.25) is 0 Å². The summed E-state index contributed by atoms with van der Waals surface area (Å²) in [5, 5.41) is 0. The van der Waals surface area contributed by atoms with Crippen molar-refractivity contribution in [1.82, 2.24) is 0 Å². The molecule has 96 valence electrons. The van der Waals surface area contributed by atoms with Crippen LogP contribution in [-0.2, 0) is 4.74 Å². The van der Waals surface area contributed by atoms with Gasteiger partial charge in [0.25, 0.3) is 0 Å². The first kappa shape index (κ1) is 13.3. The summed E-state index contributed by atoms with van der Waals surface area (Å²) in [6, 6.07) is 10.4. The van der Waals surface area contributed by atoms with Crippen LogP contribution >= 0.6 is 0 Å². The first-order valence-corrected chi connectivity index (χ1v) is 10.1. The van der Waals surface area contributed by atoms with Gasteiger partial charge in [-0.3, -0.25) is 0 Å². The van der Waals surface area contributed by atoms with Crippen LogP contribution in [0.15, 0.2) is 47.7 Å². The van der Waals surface area contributed by atoms with Gasteiger partial charge in [-0.2, -0.15) is 0 Å². The third-order valence-corrected chi connectivity index (χ3v) is 4.15. The monoisotopic (exact) mass is 258 g/mol. The average Bonchev–Trinajstić information content (AvgIpc) is 3.06. The van der Waals surface area contributed by atoms with Crippen molar-refractivity contribution in [2.24, 2.45) is 0 Å². The van der Waals surface area contributed by atoms with Crippen molar-refractivity contribution in [2.75, 3.05) is 0 Å². The molecule has 0 N–H and O–H groups in total. The van der Waals surface area contributed by atoms with Gasteiger partial charge in [-0.25, -0.2) is 0 Å². The number of hydrogen-bond donors (Lipinski definition) is 0. The van der Waals surface area contributed by atoms with E-state index in [1.807, 2.05) is 6.07 Å². The van der Waals surface area contributed by atoms with Crippen LogP contribution in [0.2, 0.25) is 19.6 Å². The van der Waals surface area contributed by atoms with Gasteiger partial charge in [-0.05, 0) is 18.1 Å². The average molecular weight is 258 g/mol. The van der Waals surface area contributed by atoms with Crippen molar-refractivity contribution >= 4 is 14.1 Å². The van der Waals surface area contributed by atoms with Crippen molar-refractivity contribution in [3.63, 3.8) is 0 Å². The second kappa shape index (κ2) is 5.25. The molecule has 2 rings (SSSR count). The molecule has 0 radical (unpaired) electrons. The summed E-state index contributed by atoms with van der Waals surface area (Å²) in [6.07, 6.45) is 5.06. The van der Waals surface area contributed by atoms with E-state index in [0.717, 1.165) is 0 Å². The highest BCUT2D eigenvalue weighted by Crippen LogP contribution is 2.31. The number of benzene rings is 1. The maximum atomic E-state index is 5.71. The van der Waals surface area contributed by atoms with Crippen LogP contribution in [0.3, 0.4) is 0 Å². The molecule has 0 bridgehead atoms. The molecular weight excluding hydrogens is 236 g/mol. The zero-order chi connectivity index (χ0) is 13.2. The molecule has 1 aliphatic rings. The van der Waals surface area contributed by atoms with Crippen molar-refractivity contribution in [3.8, 4) is 0 Å². The normalized spacial score (nSPS) is 24.6. The van der Waals surface area contributed by atoms with Crippen molar-refractivity contribution < 1.29 is 4.74 Å². The van der Waals surface area contributed by atoms with E-state index in [2.05, 4.69) is 68.7 Å². The molecule has 2 heteroatoms. The molecule has 1 fully saturated rings. The lowest BCUT2D eigenvalue weighted by Gasteiger charge is -2.07. The van der Waals surface area contributed by atoms with Gasteiger partial charge in [0.05, 0.1) is 8.07 Å². The summed E-state index contributed by atoms with van der Waals surface area (Å²) in [7, 11) is -1.10. The van der Waals surface area contributed by atoms with Gasteiger partial charge < -0.3 is 4.74 Å². The Kier molecular flexibility index (Phi) is 3.88.